The van der Waals surface area contributed by atoms with Gasteiger partial charge < -0.3 is 9.47 Å². The molecule has 0 unspecified atom stereocenters. The van der Waals surface area contributed by atoms with Gasteiger partial charge in [0.15, 0.2) is 0 Å². The fraction of sp³-hybridized carbons (Fsp3) is 0.429. The molecule has 2 heterocycles. The Morgan fingerprint density at radius 1 is 1.32 bits per heavy atom. The standard InChI is InChI=1S/C21H22BrF2NO3/c1-11(2)28-18(26)10-15-12(3)25-13(4)20(22)19(15)14-5-6-17-16(9-14)21(23,24)7-8-27-17/h5-6,9,11H,7-8,10H2,1-4H3. The summed E-state index contributed by atoms with van der Waals surface area (Å²) < 4.78 is 40.2. The van der Waals surface area contributed by atoms with Gasteiger partial charge in [-0.15, -0.1) is 0 Å². The van der Waals surface area contributed by atoms with Gasteiger partial charge in [0.2, 0.25) is 0 Å². The van der Waals surface area contributed by atoms with E-state index in [-0.39, 0.29) is 42.8 Å². The minimum Gasteiger partial charge on any atom is -0.493 e. The minimum absolute atomic E-state index is 0.00913. The van der Waals surface area contributed by atoms with Crippen LogP contribution in [0.2, 0.25) is 0 Å². The zero-order valence-corrected chi connectivity index (χ0v) is 17.8. The highest BCUT2D eigenvalue weighted by molar-refractivity contribution is 9.10. The van der Waals surface area contributed by atoms with Gasteiger partial charge in [-0.3, -0.25) is 9.78 Å². The minimum atomic E-state index is -2.95. The van der Waals surface area contributed by atoms with E-state index in [2.05, 4.69) is 20.9 Å². The Kier molecular flexibility index (Phi) is 5.75. The summed E-state index contributed by atoms with van der Waals surface area (Å²) in [5.41, 5.74) is 3.16. The van der Waals surface area contributed by atoms with Gasteiger partial charge in [0, 0.05) is 15.7 Å². The lowest BCUT2D eigenvalue weighted by molar-refractivity contribution is -0.146. The molecule has 1 aliphatic heterocycles. The highest BCUT2D eigenvalue weighted by Gasteiger charge is 2.38. The maximum absolute atomic E-state index is 14.4. The number of nitrogens with zero attached hydrogens (tertiary/aromatic N) is 1. The maximum Gasteiger partial charge on any atom is 0.310 e. The SMILES string of the molecule is Cc1nc(C)c(CC(=O)OC(C)C)c(-c2ccc3c(c2)C(F)(F)CCO3)c1Br. The third-order valence-corrected chi connectivity index (χ3v) is 5.61. The molecule has 0 bridgehead atoms. The normalized spacial score (nSPS) is 15.1. The number of aryl methyl sites for hydroxylation is 2. The van der Waals surface area contributed by atoms with E-state index in [9.17, 15) is 13.6 Å². The molecule has 0 radical (unpaired) electrons. The third-order valence-electron chi connectivity index (χ3n) is 4.64. The molecule has 7 heteroatoms. The van der Waals surface area contributed by atoms with Crippen molar-refractivity contribution in [1.82, 2.24) is 4.98 Å². The summed E-state index contributed by atoms with van der Waals surface area (Å²) in [6, 6.07) is 4.74. The third kappa shape index (κ3) is 4.04. The lowest BCUT2D eigenvalue weighted by Gasteiger charge is -2.26. The average molecular weight is 454 g/mol. The average Bonchev–Trinajstić information content (AvgIpc) is 2.59. The molecule has 0 spiro atoms. The fourth-order valence-electron chi connectivity index (χ4n) is 3.35. The number of fused-ring (bicyclic) bond motifs is 1. The van der Waals surface area contributed by atoms with Crippen LogP contribution in [0, 0.1) is 13.8 Å². The van der Waals surface area contributed by atoms with E-state index in [4.69, 9.17) is 9.47 Å². The van der Waals surface area contributed by atoms with Gasteiger partial charge in [-0.2, -0.15) is 0 Å². The molecular weight excluding hydrogens is 432 g/mol. The van der Waals surface area contributed by atoms with Gasteiger partial charge in [-0.05, 0) is 66.9 Å². The highest BCUT2D eigenvalue weighted by atomic mass is 79.9. The van der Waals surface area contributed by atoms with Crippen molar-refractivity contribution in [3.63, 3.8) is 0 Å². The largest absolute Gasteiger partial charge is 0.493 e. The maximum atomic E-state index is 14.4. The molecule has 28 heavy (non-hydrogen) atoms. The van der Waals surface area contributed by atoms with Gasteiger partial charge in [0.1, 0.15) is 5.75 Å². The molecule has 0 saturated heterocycles. The number of benzene rings is 1. The summed E-state index contributed by atoms with van der Waals surface area (Å²) in [7, 11) is 0. The molecule has 3 rings (SSSR count). The predicted octanol–water partition coefficient (Wildman–Crippen LogP) is 5.50. The van der Waals surface area contributed by atoms with Gasteiger partial charge in [0.05, 0.1) is 36.8 Å². The second kappa shape index (κ2) is 7.78. The van der Waals surface area contributed by atoms with Crippen molar-refractivity contribution >= 4 is 21.9 Å². The lowest BCUT2D eigenvalue weighted by atomic mass is 9.92. The topological polar surface area (TPSA) is 48.4 Å². The first-order valence-corrected chi connectivity index (χ1v) is 9.90. The number of hydrogen-bond donors (Lipinski definition) is 0. The molecule has 0 aliphatic carbocycles. The summed E-state index contributed by atoms with van der Waals surface area (Å²) in [5, 5.41) is 0. The van der Waals surface area contributed by atoms with Crippen LogP contribution in [-0.4, -0.2) is 23.7 Å². The van der Waals surface area contributed by atoms with Crippen LogP contribution >= 0.6 is 15.9 Å². The summed E-state index contributed by atoms with van der Waals surface area (Å²) in [6.07, 6.45) is -0.584. The molecule has 2 aromatic rings. The number of halogens is 3. The van der Waals surface area contributed by atoms with Crippen LogP contribution in [0.15, 0.2) is 22.7 Å². The van der Waals surface area contributed by atoms with Crippen molar-refractivity contribution in [2.45, 2.75) is 52.6 Å². The van der Waals surface area contributed by atoms with Crippen molar-refractivity contribution in [1.29, 1.82) is 0 Å². The van der Waals surface area contributed by atoms with Crippen LogP contribution in [0.25, 0.3) is 11.1 Å². The number of aromatic nitrogens is 1. The van der Waals surface area contributed by atoms with E-state index in [1.165, 1.54) is 6.07 Å². The number of ether oxygens (including phenoxy) is 2. The van der Waals surface area contributed by atoms with Crippen LogP contribution in [0.3, 0.4) is 0 Å². The lowest BCUT2D eigenvalue weighted by Crippen LogP contribution is -2.24. The number of carbonyl (C=O) groups excluding carboxylic acids is 1. The molecule has 0 amide bonds. The first-order valence-electron chi connectivity index (χ1n) is 9.10. The van der Waals surface area contributed by atoms with Gasteiger partial charge in [-0.1, -0.05) is 6.07 Å². The van der Waals surface area contributed by atoms with E-state index in [0.29, 0.717) is 32.6 Å². The summed E-state index contributed by atoms with van der Waals surface area (Å²) >= 11 is 3.53. The van der Waals surface area contributed by atoms with Crippen LogP contribution in [0.5, 0.6) is 5.75 Å². The van der Waals surface area contributed by atoms with Crippen LogP contribution in [-0.2, 0) is 21.9 Å². The van der Waals surface area contributed by atoms with Gasteiger partial charge in [-0.25, -0.2) is 8.78 Å². The van der Waals surface area contributed by atoms with Gasteiger partial charge in [0.25, 0.3) is 5.92 Å². The van der Waals surface area contributed by atoms with Crippen molar-refractivity contribution < 1.29 is 23.0 Å². The predicted molar refractivity (Wildman–Crippen MR) is 106 cm³/mol. The number of esters is 1. The quantitative estimate of drug-likeness (QED) is 0.573. The summed E-state index contributed by atoms with van der Waals surface area (Å²) in [4.78, 5) is 16.8. The monoisotopic (exact) mass is 453 g/mol. The zero-order valence-electron chi connectivity index (χ0n) is 16.2. The Bertz CT molecular complexity index is 928. The molecule has 1 aromatic heterocycles. The Balaban J connectivity index is 2.15. The molecule has 0 fully saturated rings. The highest BCUT2D eigenvalue weighted by Crippen LogP contribution is 2.44. The second-order valence-corrected chi connectivity index (χ2v) is 7.97. The number of alkyl halides is 2. The molecule has 0 N–H and O–H groups in total. The molecule has 4 nitrogen and oxygen atoms in total. The smallest absolute Gasteiger partial charge is 0.310 e. The number of carbonyl (C=O) groups is 1. The van der Waals surface area contributed by atoms with E-state index >= 15 is 0 Å². The first kappa shape index (κ1) is 20.7. The Morgan fingerprint density at radius 2 is 2.04 bits per heavy atom. The molecule has 1 aromatic carbocycles. The number of rotatable bonds is 4. The van der Waals surface area contributed by atoms with Gasteiger partial charge >= 0.3 is 5.97 Å². The van der Waals surface area contributed by atoms with Crippen molar-refractivity contribution in [2.75, 3.05) is 6.61 Å². The number of hydrogen-bond acceptors (Lipinski definition) is 4. The Morgan fingerprint density at radius 3 is 2.71 bits per heavy atom. The fourth-order valence-corrected chi connectivity index (χ4v) is 3.91. The van der Waals surface area contributed by atoms with Crippen molar-refractivity contribution in [2.24, 2.45) is 0 Å². The molecule has 150 valence electrons. The van der Waals surface area contributed by atoms with E-state index < -0.39 is 5.92 Å². The van der Waals surface area contributed by atoms with E-state index in [1.54, 1.807) is 32.9 Å². The second-order valence-electron chi connectivity index (χ2n) is 7.18. The van der Waals surface area contributed by atoms with Crippen molar-refractivity contribution in [3.8, 4) is 16.9 Å². The Labute approximate surface area is 171 Å². The Hall–Kier alpha value is -2.02. The van der Waals surface area contributed by atoms with Crippen LogP contribution in [0.1, 0.15) is 42.8 Å². The van der Waals surface area contributed by atoms with Crippen molar-refractivity contribution in [3.05, 3.63) is 45.2 Å². The molecule has 0 saturated carbocycles. The number of pyridine rings is 1. The zero-order chi connectivity index (χ0) is 20.6. The van der Waals surface area contributed by atoms with E-state index in [1.807, 2.05) is 6.92 Å². The van der Waals surface area contributed by atoms with Crippen LogP contribution in [0.4, 0.5) is 8.78 Å². The summed E-state index contributed by atoms with van der Waals surface area (Å²) in [5.74, 6) is -3.15. The molecule has 0 atom stereocenters. The molecular formula is C21H22BrF2NO3. The summed E-state index contributed by atoms with van der Waals surface area (Å²) in [6.45, 7) is 7.17. The molecule has 1 aliphatic rings. The first-order chi connectivity index (χ1) is 13.1. The van der Waals surface area contributed by atoms with E-state index in [0.717, 1.165) is 0 Å². The van der Waals surface area contributed by atoms with Crippen LogP contribution < -0.4 is 4.74 Å².